The van der Waals surface area contributed by atoms with Crippen LogP contribution in [0.1, 0.15) is 51.9 Å². The van der Waals surface area contributed by atoms with Crippen LogP contribution in [0.4, 0.5) is 0 Å². The summed E-state index contributed by atoms with van der Waals surface area (Å²) in [7, 11) is 1.68. The third-order valence-corrected chi connectivity index (χ3v) is 5.54. The van der Waals surface area contributed by atoms with Gasteiger partial charge in [-0.1, -0.05) is 19.8 Å². The number of hydrogen-bond donors (Lipinski definition) is 2. The molecule has 2 saturated carbocycles. The van der Waals surface area contributed by atoms with E-state index in [-0.39, 0.29) is 30.0 Å². The molecule has 2 aliphatic carbocycles. The van der Waals surface area contributed by atoms with Crippen LogP contribution in [0.5, 0.6) is 0 Å². The fraction of sp³-hybridized carbons (Fsp3) is 0.882. The minimum atomic E-state index is -0.788. The van der Waals surface area contributed by atoms with Crippen LogP contribution >= 0.6 is 0 Å². The van der Waals surface area contributed by atoms with Gasteiger partial charge in [0.25, 0.3) is 0 Å². The lowest BCUT2D eigenvalue weighted by molar-refractivity contribution is -0.140. The van der Waals surface area contributed by atoms with E-state index in [1.54, 1.807) is 7.11 Å². The van der Waals surface area contributed by atoms with Gasteiger partial charge in [-0.05, 0) is 38.6 Å². The molecule has 6 heteroatoms. The first-order chi connectivity index (χ1) is 11.0. The lowest BCUT2D eigenvalue weighted by atomic mass is 9.79. The molecule has 0 bridgehead atoms. The Bertz CT molecular complexity index is 415. The summed E-state index contributed by atoms with van der Waals surface area (Å²) in [6.07, 6.45) is 6.65. The van der Waals surface area contributed by atoms with Crippen molar-refractivity contribution >= 4 is 11.9 Å². The molecule has 0 unspecified atom stereocenters. The second kappa shape index (κ2) is 8.11. The average molecular weight is 326 g/mol. The van der Waals surface area contributed by atoms with Crippen molar-refractivity contribution in [2.75, 3.05) is 26.8 Å². The lowest BCUT2D eigenvalue weighted by Gasteiger charge is -2.43. The quantitative estimate of drug-likeness (QED) is 0.673. The van der Waals surface area contributed by atoms with Crippen molar-refractivity contribution in [2.45, 2.75) is 64.0 Å². The molecule has 2 aliphatic rings. The van der Waals surface area contributed by atoms with E-state index < -0.39 is 5.97 Å². The second-order valence-electron chi connectivity index (χ2n) is 6.98. The van der Waals surface area contributed by atoms with Gasteiger partial charge in [-0.25, -0.2) is 0 Å². The van der Waals surface area contributed by atoms with E-state index >= 15 is 0 Å². The van der Waals surface area contributed by atoms with Crippen LogP contribution in [0.25, 0.3) is 0 Å². The summed E-state index contributed by atoms with van der Waals surface area (Å²) in [5, 5.41) is 12.1. The Kier molecular flexibility index (Phi) is 6.41. The van der Waals surface area contributed by atoms with Gasteiger partial charge in [0.15, 0.2) is 0 Å². The van der Waals surface area contributed by atoms with Gasteiger partial charge >= 0.3 is 5.97 Å². The van der Waals surface area contributed by atoms with Crippen LogP contribution < -0.4 is 5.32 Å². The third-order valence-electron chi connectivity index (χ3n) is 5.54. The van der Waals surface area contributed by atoms with E-state index in [9.17, 15) is 9.59 Å². The van der Waals surface area contributed by atoms with Crippen LogP contribution in [0.15, 0.2) is 0 Å². The predicted molar refractivity (Wildman–Crippen MR) is 87.2 cm³/mol. The Balaban J connectivity index is 1.81. The number of carbonyl (C=O) groups is 2. The Labute approximate surface area is 138 Å². The molecular weight excluding hydrogens is 296 g/mol. The molecule has 2 N–H and O–H groups in total. The number of amides is 1. The summed E-state index contributed by atoms with van der Waals surface area (Å²) in [5.41, 5.74) is -0.243. The van der Waals surface area contributed by atoms with E-state index in [1.165, 1.54) is 0 Å². The van der Waals surface area contributed by atoms with Gasteiger partial charge in [-0.15, -0.1) is 0 Å². The van der Waals surface area contributed by atoms with Crippen LogP contribution in [-0.2, 0) is 14.3 Å². The minimum Gasteiger partial charge on any atom is -0.480 e. The molecule has 0 saturated heterocycles. The molecule has 23 heavy (non-hydrogen) atoms. The van der Waals surface area contributed by atoms with Gasteiger partial charge in [0.05, 0.1) is 12.0 Å². The molecule has 0 aromatic carbocycles. The Morgan fingerprint density at radius 3 is 2.48 bits per heavy atom. The molecule has 0 radical (unpaired) electrons. The van der Waals surface area contributed by atoms with Crippen molar-refractivity contribution in [1.29, 1.82) is 0 Å². The molecule has 0 aromatic heterocycles. The van der Waals surface area contributed by atoms with Gasteiger partial charge < -0.3 is 15.2 Å². The summed E-state index contributed by atoms with van der Waals surface area (Å²) in [6.45, 7) is 3.42. The highest BCUT2D eigenvalue weighted by Gasteiger charge is 2.43. The summed E-state index contributed by atoms with van der Waals surface area (Å²) in [4.78, 5) is 25.6. The maximum atomic E-state index is 12.7. The zero-order chi connectivity index (χ0) is 16.9. The van der Waals surface area contributed by atoms with E-state index in [0.29, 0.717) is 6.61 Å². The Morgan fingerprint density at radius 1 is 1.30 bits per heavy atom. The second-order valence-corrected chi connectivity index (χ2v) is 6.98. The van der Waals surface area contributed by atoms with Crippen LogP contribution in [0.2, 0.25) is 0 Å². The number of rotatable bonds is 9. The number of carbonyl (C=O) groups excluding carboxylic acids is 1. The number of hydrogen-bond acceptors (Lipinski definition) is 4. The van der Waals surface area contributed by atoms with Crippen LogP contribution in [0, 0.1) is 5.41 Å². The van der Waals surface area contributed by atoms with Crippen LogP contribution in [-0.4, -0.2) is 60.8 Å². The van der Waals surface area contributed by atoms with Crippen molar-refractivity contribution in [1.82, 2.24) is 10.2 Å². The zero-order valence-electron chi connectivity index (χ0n) is 14.3. The molecule has 0 aromatic rings. The third kappa shape index (κ3) is 4.44. The van der Waals surface area contributed by atoms with E-state index in [4.69, 9.17) is 9.84 Å². The first-order valence-electron chi connectivity index (χ1n) is 8.76. The van der Waals surface area contributed by atoms with Crippen molar-refractivity contribution in [3.05, 3.63) is 0 Å². The number of carboxylic acids is 1. The highest BCUT2D eigenvalue weighted by molar-refractivity contribution is 5.83. The highest BCUT2D eigenvalue weighted by Crippen LogP contribution is 2.42. The number of aliphatic carboxylic acids is 1. The number of carboxylic acid groups (broad SMARTS) is 1. The molecule has 0 atom stereocenters. The average Bonchev–Trinajstić information content (AvgIpc) is 2.96. The normalized spacial score (nSPS) is 26.0. The van der Waals surface area contributed by atoms with Gasteiger partial charge in [0, 0.05) is 25.8 Å². The summed E-state index contributed by atoms with van der Waals surface area (Å²) in [5.74, 6) is -0.611. The smallest absolute Gasteiger partial charge is 0.317 e. The fourth-order valence-electron chi connectivity index (χ4n) is 3.95. The molecule has 0 spiro atoms. The van der Waals surface area contributed by atoms with Gasteiger partial charge in [-0.3, -0.25) is 14.5 Å². The van der Waals surface area contributed by atoms with Crippen molar-refractivity contribution < 1.29 is 19.4 Å². The lowest BCUT2D eigenvalue weighted by Crippen LogP contribution is -2.56. The SMILES string of the molecule is CCN(CC(=O)O)C1CC(NC(=O)C2(CCOC)CCCC2)C1. The van der Waals surface area contributed by atoms with Gasteiger partial charge in [0.1, 0.15) is 0 Å². The largest absolute Gasteiger partial charge is 0.480 e. The van der Waals surface area contributed by atoms with Crippen LogP contribution in [0.3, 0.4) is 0 Å². The molecule has 0 aliphatic heterocycles. The fourth-order valence-corrected chi connectivity index (χ4v) is 3.95. The first-order valence-corrected chi connectivity index (χ1v) is 8.76. The van der Waals surface area contributed by atoms with Crippen molar-refractivity contribution in [3.8, 4) is 0 Å². The minimum absolute atomic E-state index is 0.0829. The molecule has 0 heterocycles. The molecule has 6 nitrogen and oxygen atoms in total. The number of ether oxygens (including phenoxy) is 1. The molecular formula is C17H30N2O4. The van der Waals surface area contributed by atoms with E-state index in [0.717, 1.165) is 51.5 Å². The van der Waals surface area contributed by atoms with E-state index in [1.807, 2.05) is 11.8 Å². The molecule has 2 rings (SSSR count). The number of methoxy groups -OCH3 is 1. The van der Waals surface area contributed by atoms with Crippen molar-refractivity contribution in [2.24, 2.45) is 5.41 Å². The van der Waals surface area contributed by atoms with Crippen molar-refractivity contribution in [3.63, 3.8) is 0 Å². The standard InChI is InChI=1S/C17H30N2O4/c1-3-19(12-15(20)21)14-10-13(11-14)18-16(22)17(8-9-23-2)6-4-5-7-17/h13-14H,3-12H2,1-2H3,(H,18,22)(H,20,21). The summed E-state index contributed by atoms with van der Waals surface area (Å²) < 4.78 is 5.18. The topological polar surface area (TPSA) is 78.9 Å². The zero-order valence-corrected chi connectivity index (χ0v) is 14.3. The number of likely N-dealkylation sites (N-methyl/N-ethyl adjacent to an activating group) is 1. The summed E-state index contributed by atoms with van der Waals surface area (Å²) in [6, 6.07) is 0.468. The van der Waals surface area contributed by atoms with Gasteiger partial charge in [-0.2, -0.15) is 0 Å². The van der Waals surface area contributed by atoms with E-state index in [2.05, 4.69) is 5.32 Å². The molecule has 2 fully saturated rings. The van der Waals surface area contributed by atoms with Gasteiger partial charge in [0.2, 0.25) is 5.91 Å². The number of nitrogens with zero attached hydrogens (tertiary/aromatic N) is 1. The first kappa shape index (κ1) is 18.2. The number of nitrogens with one attached hydrogen (secondary N) is 1. The summed E-state index contributed by atoms with van der Waals surface area (Å²) >= 11 is 0. The molecule has 1 amide bonds. The monoisotopic (exact) mass is 326 g/mol. The Hall–Kier alpha value is -1.14. The maximum absolute atomic E-state index is 12.7. The maximum Gasteiger partial charge on any atom is 0.317 e. The Morgan fingerprint density at radius 2 is 1.96 bits per heavy atom. The molecule has 132 valence electrons. The predicted octanol–water partition coefficient (Wildman–Crippen LogP) is 1.64. The highest BCUT2D eigenvalue weighted by atomic mass is 16.5.